The summed E-state index contributed by atoms with van der Waals surface area (Å²) in [4.78, 5) is 29.0. The van der Waals surface area contributed by atoms with Gasteiger partial charge in [-0.2, -0.15) is 0 Å². The van der Waals surface area contributed by atoms with Crippen LogP contribution in [-0.2, 0) is 18.9 Å². The highest BCUT2D eigenvalue weighted by Gasteiger charge is 2.50. The normalized spacial score (nSPS) is 16.0. The van der Waals surface area contributed by atoms with Crippen LogP contribution >= 0.6 is 0 Å². The van der Waals surface area contributed by atoms with Crippen LogP contribution in [0.2, 0.25) is 0 Å². The van der Waals surface area contributed by atoms with E-state index in [4.69, 9.17) is 9.31 Å². The molecular weight excluding hydrogens is 463 g/mol. The summed E-state index contributed by atoms with van der Waals surface area (Å²) in [6.07, 6.45) is 1.38. The molecule has 0 bridgehead atoms. The first-order valence-corrected chi connectivity index (χ1v) is 14.2. The van der Waals surface area contributed by atoms with E-state index >= 15 is 0 Å². The number of nitrogens with one attached hydrogen (secondary N) is 1. The highest BCUT2D eigenvalue weighted by molar-refractivity contribution is 6.46. The molecule has 0 aromatic carbocycles. The van der Waals surface area contributed by atoms with Crippen LogP contribution in [0.25, 0.3) is 0 Å². The van der Waals surface area contributed by atoms with E-state index < -0.39 is 12.5 Å². The second-order valence-electron chi connectivity index (χ2n) is 15.3. The zero-order valence-corrected chi connectivity index (χ0v) is 27.5. The third-order valence-electron chi connectivity index (χ3n) is 7.84. The quantitative estimate of drug-likeness (QED) is 0.275. The summed E-state index contributed by atoms with van der Waals surface area (Å²) in [5.74, 6) is -0.579. The molecule has 0 aliphatic carbocycles. The molecule has 7 heteroatoms. The van der Waals surface area contributed by atoms with Gasteiger partial charge in [0.25, 0.3) is 0 Å². The van der Waals surface area contributed by atoms with E-state index in [9.17, 15) is 9.59 Å². The molecule has 0 aromatic rings. The third-order valence-corrected chi connectivity index (χ3v) is 7.84. The minimum absolute atomic E-state index is 0.0106. The van der Waals surface area contributed by atoms with Crippen LogP contribution in [0, 0.1) is 33.5 Å². The Labute approximate surface area is 230 Å². The van der Waals surface area contributed by atoms with Crippen LogP contribution < -0.4 is 5.32 Å². The van der Waals surface area contributed by atoms with Crippen molar-refractivity contribution in [1.29, 1.82) is 0 Å². The molecule has 0 aliphatic rings. The average molecular weight is 525 g/mol. The Balaban J connectivity index is 6.29. The van der Waals surface area contributed by atoms with E-state index in [1.807, 2.05) is 48.7 Å². The van der Waals surface area contributed by atoms with Gasteiger partial charge < -0.3 is 19.5 Å². The lowest BCUT2D eigenvalue weighted by Gasteiger charge is -2.50. The summed E-state index contributed by atoms with van der Waals surface area (Å²) in [5.41, 5.74) is -0.937. The van der Waals surface area contributed by atoms with Crippen molar-refractivity contribution in [1.82, 2.24) is 10.2 Å². The van der Waals surface area contributed by atoms with E-state index in [0.29, 0.717) is 6.42 Å². The van der Waals surface area contributed by atoms with E-state index in [-0.39, 0.29) is 58.0 Å². The Kier molecular flexibility index (Phi) is 12.9. The van der Waals surface area contributed by atoms with Gasteiger partial charge in [-0.1, -0.05) is 69.2 Å². The lowest BCUT2D eigenvalue weighted by molar-refractivity contribution is -0.142. The summed E-state index contributed by atoms with van der Waals surface area (Å²) in [5, 5.41) is 3.25. The van der Waals surface area contributed by atoms with Crippen molar-refractivity contribution in [2.24, 2.45) is 33.5 Å². The summed E-state index contributed by atoms with van der Waals surface area (Å²) < 4.78 is 12.0. The van der Waals surface area contributed by atoms with Crippen molar-refractivity contribution >= 4 is 18.9 Å². The maximum atomic E-state index is 14.0. The molecule has 0 heterocycles. The molecule has 0 saturated heterocycles. The zero-order valence-electron chi connectivity index (χ0n) is 27.5. The Hall–Kier alpha value is -1.08. The van der Waals surface area contributed by atoms with E-state index in [1.54, 1.807) is 4.90 Å². The maximum Gasteiger partial charge on any atom is 0.480 e. The maximum absolute atomic E-state index is 14.0. The molecule has 0 fully saturated rings. The molecule has 0 spiro atoms. The molecule has 1 N–H and O–H groups in total. The van der Waals surface area contributed by atoms with E-state index in [1.165, 1.54) is 0 Å². The zero-order chi connectivity index (χ0) is 29.7. The monoisotopic (exact) mass is 524 g/mol. The topological polar surface area (TPSA) is 67.9 Å². The number of carbonyl (C=O) groups is 2. The fourth-order valence-electron chi connectivity index (χ4n) is 4.81. The molecule has 37 heavy (non-hydrogen) atoms. The van der Waals surface area contributed by atoms with Gasteiger partial charge in [0.1, 0.15) is 0 Å². The summed E-state index contributed by atoms with van der Waals surface area (Å²) in [7, 11) is 3.12. The van der Waals surface area contributed by atoms with Crippen LogP contribution in [0.3, 0.4) is 0 Å². The summed E-state index contributed by atoms with van der Waals surface area (Å²) in [6.45, 7) is 31.6. The SMILES string of the molecule is CC(C)OB(OC(C)C)C(C)NC(=O)C(CC(C)(C)C)C(C)(C)C(C)(C)CC(C(=O)N(C)C)C(C)(C)C. The standard InChI is InChI=1S/C30H61BN2O4/c1-20(2)36-31(37-21(3)4)22(5)32-25(34)23(18-27(6,7)8)30(14,15)29(12,13)19-24(28(9,10)11)26(35)33(16)17/h20-24H,18-19H2,1-17H3,(H,32,34). The third kappa shape index (κ3) is 11.3. The number of rotatable bonds is 13. The number of hydrogen-bond acceptors (Lipinski definition) is 4. The molecule has 3 atom stereocenters. The van der Waals surface area contributed by atoms with Gasteiger partial charge in [-0.3, -0.25) is 9.59 Å². The van der Waals surface area contributed by atoms with Crippen molar-refractivity contribution in [2.45, 2.75) is 135 Å². The predicted molar refractivity (Wildman–Crippen MR) is 157 cm³/mol. The van der Waals surface area contributed by atoms with Gasteiger partial charge in [0.15, 0.2) is 0 Å². The number of amides is 2. The van der Waals surface area contributed by atoms with Crippen LogP contribution in [-0.4, -0.2) is 56.1 Å². The number of nitrogens with zero attached hydrogens (tertiary/aromatic N) is 1. The van der Waals surface area contributed by atoms with E-state index in [0.717, 1.165) is 6.42 Å². The molecule has 0 radical (unpaired) electrons. The minimum Gasteiger partial charge on any atom is -0.408 e. The summed E-state index contributed by atoms with van der Waals surface area (Å²) >= 11 is 0. The van der Waals surface area contributed by atoms with Crippen LogP contribution in [0.5, 0.6) is 0 Å². The Morgan fingerprint density at radius 2 is 1.19 bits per heavy atom. The molecular formula is C30H61BN2O4. The molecule has 0 saturated carbocycles. The number of hydrogen-bond donors (Lipinski definition) is 1. The van der Waals surface area contributed by atoms with Gasteiger partial charge in [0.05, 0.1) is 5.94 Å². The average Bonchev–Trinajstić information content (AvgIpc) is 2.66. The molecule has 3 unspecified atom stereocenters. The van der Waals surface area contributed by atoms with Crippen LogP contribution in [0.4, 0.5) is 0 Å². The van der Waals surface area contributed by atoms with Crippen LogP contribution in [0.1, 0.15) is 117 Å². The lowest BCUT2D eigenvalue weighted by atomic mass is 9.54. The smallest absolute Gasteiger partial charge is 0.408 e. The van der Waals surface area contributed by atoms with Gasteiger partial charge in [0.2, 0.25) is 11.8 Å². The van der Waals surface area contributed by atoms with Crippen LogP contribution in [0.15, 0.2) is 0 Å². The first-order chi connectivity index (χ1) is 16.3. The number of carbonyl (C=O) groups excluding carboxylic acids is 2. The molecule has 218 valence electrons. The van der Waals surface area contributed by atoms with Crippen molar-refractivity contribution in [2.75, 3.05) is 14.1 Å². The van der Waals surface area contributed by atoms with Gasteiger partial charge in [-0.25, -0.2) is 0 Å². The highest BCUT2D eigenvalue weighted by atomic mass is 16.6. The largest absolute Gasteiger partial charge is 0.480 e. The van der Waals surface area contributed by atoms with Crippen molar-refractivity contribution < 1.29 is 18.9 Å². The van der Waals surface area contributed by atoms with E-state index in [2.05, 4.69) is 74.6 Å². The molecule has 0 aromatic heterocycles. The van der Waals surface area contributed by atoms with Crippen molar-refractivity contribution in [3.63, 3.8) is 0 Å². The van der Waals surface area contributed by atoms with Gasteiger partial charge >= 0.3 is 7.12 Å². The van der Waals surface area contributed by atoms with Gasteiger partial charge in [-0.15, -0.1) is 0 Å². The van der Waals surface area contributed by atoms with Crippen molar-refractivity contribution in [3.8, 4) is 0 Å². The molecule has 6 nitrogen and oxygen atoms in total. The first-order valence-electron chi connectivity index (χ1n) is 14.2. The molecule has 2 amide bonds. The summed E-state index contributed by atoms with van der Waals surface area (Å²) in [6, 6.07) is 0. The van der Waals surface area contributed by atoms with Gasteiger partial charge in [-0.05, 0) is 69.1 Å². The second kappa shape index (κ2) is 13.3. The Morgan fingerprint density at radius 1 is 0.757 bits per heavy atom. The van der Waals surface area contributed by atoms with Gasteiger partial charge in [0, 0.05) is 38.1 Å². The predicted octanol–water partition coefficient (Wildman–Crippen LogP) is 6.61. The Morgan fingerprint density at radius 3 is 1.51 bits per heavy atom. The molecule has 0 aliphatic heterocycles. The Bertz CT molecular complexity index is 723. The first kappa shape index (κ1) is 35.9. The fourth-order valence-corrected chi connectivity index (χ4v) is 4.81. The highest BCUT2D eigenvalue weighted by Crippen LogP contribution is 2.53. The lowest BCUT2D eigenvalue weighted by Crippen LogP contribution is -2.55. The van der Waals surface area contributed by atoms with Crippen molar-refractivity contribution in [3.05, 3.63) is 0 Å². The fraction of sp³-hybridized carbons (Fsp3) is 0.933. The second-order valence-corrected chi connectivity index (χ2v) is 15.3. The molecule has 0 rings (SSSR count). The minimum atomic E-state index is -0.529.